The summed E-state index contributed by atoms with van der Waals surface area (Å²) in [4.78, 5) is 8.05. The van der Waals surface area contributed by atoms with Crippen molar-refractivity contribution in [3.8, 4) is 11.5 Å². The third-order valence-electron chi connectivity index (χ3n) is 5.96. The number of nitrogens with zero attached hydrogens (tertiary/aromatic N) is 2. The van der Waals surface area contributed by atoms with Gasteiger partial charge in [0, 0.05) is 23.5 Å². The van der Waals surface area contributed by atoms with Crippen LogP contribution in [0.3, 0.4) is 0 Å². The fraction of sp³-hybridized carbons (Fsp3) is 0.429. The summed E-state index contributed by atoms with van der Waals surface area (Å²) in [5, 5.41) is 14.4. The molecule has 2 N–H and O–H groups in total. The number of halogens is 1. The van der Waals surface area contributed by atoms with Gasteiger partial charge in [0.15, 0.2) is 16.7 Å². The molecular weight excluding hydrogens is 462 g/mol. The second kappa shape index (κ2) is 11.8. The minimum absolute atomic E-state index is 0.164. The number of methoxy groups -OCH3 is 1. The van der Waals surface area contributed by atoms with Crippen molar-refractivity contribution in [3.63, 3.8) is 0 Å². The highest BCUT2D eigenvalue weighted by Crippen LogP contribution is 2.33. The van der Waals surface area contributed by atoms with E-state index in [2.05, 4.69) is 43.0 Å². The summed E-state index contributed by atoms with van der Waals surface area (Å²) < 4.78 is 11.2. The quantitative estimate of drug-likeness (QED) is 0.427. The molecule has 1 unspecified atom stereocenters. The molecule has 2 heterocycles. The van der Waals surface area contributed by atoms with E-state index in [0.717, 1.165) is 5.56 Å². The number of nitrogens with one attached hydrogen (secondary N) is 1. The molecule has 0 bridgehead atoms. The average molecular weight is 498 g/mol. The number of benzene rings is 2. The van der Waals surface area contributed by atoms with E-state index >= 15 is 0 Å². The Balaban J connectivity index is 0.000000287. The molecule has 35 heavy (non-hydrogen) atoms. The van der Waals surface area contributed by atoms with E-state index in [1.807, 2.05) is 30.3 Å². The molecule has 7 heteroatoms. The smallest absolute Gasteiger partial charge is 0.162 e. The highest BCUT2D eigenvalue weighted by molar-refractivity contribution is 6.30. The first kappa shape index (κ1) is 26.9. The van der Waals surface area contributed by atoms with Crippen molar-refractivity contribution in [1.29, 1.82) is 0 Å². The highest BCUT2D eigenvalue weighted by atomic mass is 35.5. The van der Waals surface area contributed by atoms with E-state index in [1.165, 1.54) is 31.7 Å². The van der Waals surface area contributed by atoms with Gasteiger partial charge in [-0.2, -0.15) is 0 Å². The minimum atomic E-state index is -1.01. The molecule has 1 aliphatic rings. The largest absolute Gasteiger partial charge is 0.493 e. The van der Waals surface area contributed by atoms with Gasteiger partial charge < -0.3 is 19.9 Å². The number of aliphatic hydroxyl groups excluding tert-OH is 1. The molecule has 0 radical (unpaired) electrons. The van der Waals surface area contributed by atoms with E-state index in [0.29, 0.717) is 40.4 Å². The average Bonchev–Trinajstić information content (AvgIpc) is 2.82. The topological polar surface area (TPSA) is 76.5 Å². The predicted octanol–water partition coefficient (Wildman–Crippen LogP) is 6.12. The summed E-state index contributed by atoms with van der Waals surface area (Å²) in [7, 11) is 1.57. The van der Waals surface area contributed by atoms with Crippen molar-refractivity contribution in [2.24, 2.45) is 0 Å². The maximum atomic E-state index is 10.6. The maximum absolute atomic E-state index is 10.6. The Kier molecular flexibility index (Phi) is 9.11. The van der Waals surface area contributed by atoms with Crippen molar-refractivity contribution in [2.45, 2.75) is 70.7 Å². The van der Waals surface area contributed by atoms with Gasteiger partial charge in [0.1, 0.15) is 18.4 Å². The summed E-state index contributed by atoms with van der Waals surface area (Å²) in [6.07, 6.45) is 5.95. The van der Waals surface area contributed by atoms with E-state index < -0.39 is 6.10 Å². The van der Waals surface area contributed by atoms with Gasteiger partial charge in [-0.3, -0.25) is 4.98 Å². The first-order valence-electron chi connectivity index (χ1n) is 11.9. The fourth-order valence-electron chi connectivity index (χ4n) is 4.40. The summed E-state index contributed by atoms with van der Waals surface area (Å²) in [5.41, 5.74) is 2.64. The third kappa shape index (κ3) is 7.92. The Morgan fingerprint density at radius 1 is 0.971 bits per heavy atom. The molecule has 0 saturated carbocycles. The van der Waals surface area contributed by atoms with E-state index in [1.54, 1.807) is 25.3 Å². The zero-order valence-electron chi connectivity index (χ0n) is 21.2. The van der Waals surface area contributed by atoms with Crippen LogP contribution < -0.4 is 14.8 Å². The third-order valence-corrected chi connectivity index (χ3v) is 6.25. The van der Waals surface area contributed by atoms with Crippen LogP contribution in [0, 0.1) is 0 Å². The summed E-state index contributed by atoms with van der Waals surface area (Å²) in [6.45, 7) is 9.53. The molecular formula is C28H36ClN3O3. The van der Waals surface area contributed by atoms with Crippen LogP contribution >= 0.6 is 11.6 Å². The van der Waals surface area contributed by atoms with Gasteiger partial charge in [-0.25, -0.2) is 4.98 Å². The van der Waals surface area contributed by atoms with Crippen molar-refractivity contribution in [3.05, 3.63) is 82.9 Å². The number of ether oxygens (including phenoxy) is 2. The standard InChI is InChI=1S/C19H17ClN2O3.C9H19N/c1-24-15-8-7-14(18(23)17-19(20)22-10-9-21-17)11-16(15)25-12-13-5-3-2-4-6-13;1-8(2)6-5-7-9(3,4)10-8/h2-11,18,23H,12H2,1H3;10H,5-7H2,1-4H3. The lowest BCUT2D eigenvalue weighted by Crippen LogP contribution is -2.55. The van der Waals surface area contributed by atoms with E-state index in [9.17, 15) is 5.11 Å². The van der Waals surface area contributed by atoms with Crippen LogP contribution in [-0.4, -0.2) is 33.3 Å². The van der Waals surface area contributed by atoms with Crippen LogP contribution in [-0.2, 0) is 6.61 Å². The second-order valence-electron chi connectivity index (χ2n) is 10.1. The molecule has 6 nitrogen and oxygen atoms in total. The molecule has 1 saturated heterocycles. The Morgan fingerprint density at radius 3 is 2.20 bits per heavy atom. The monoisotopic (exact) mass is 497 g/mol. The first-order valence-corrected chi connectivity index (χ1v) is 12.3. The van der Waals surface area contributed by atoms with E-state index in [4.69, 9.17) is 21.1 Å². The van der Waals surface area contributed by atoms with Gasteiger partial charge in [0.25, 0.3) is 0 Å². The van der Waals surface area contributed by atoms with Gasteiger partial charge in [-0.15, -0.1) is 0 Å². The molecule has 1 fully saturated rings. The predicted molar refractivity (Wildman–Crippen MR) is 140 cm³/mol. The second-order valence-corrected chi connectivity index (χ2v) is 10.4. The number of hydrogen-bond donors (Lipinski definition) is 2. The normalized spacial score (nSPS) is 17.0. The van der Waals surface area contributed by atoms with Crippen LogP contribution in [0.1, 0.15) is 69.9 Å². The highest BCUT2D eigenvalue weighted by Gasteiger charge is 2.31. The first-order chi connectivity index (χ1) is 16.6. The van der Waals surface area contributed by atoms with Crippen LogP contribution in [0.4, 0.5) is 0 Å². The van der Waals surface area contributed by atoms with Crippen molar-refractivity contribution < 1.29 is 14.6 Å². The summed E-state index contributed by atoms with van der Waals surface area (Å²) >= 11 is 6.02. The van der Waals surface area contributed by atoms with Crippen LogP contribution in [0.25, 0.3) is 0 Å². The Morgan fingerprint density at radius 2 is 1.63 bits per heavy atom. The number of piperidine rings is 1. The molecule has 4 rings (SSSR count). The lowest BCUT2D eigenvalue weighted by Gasteiger charge is -2.42. The Labute approximate surface area is 213 Å². The van der Waals surface area contributed by atoms with Gasteiger partial charge in [-0.05, 0) is 70.2 Å². The van der Waals surface area contributed by atoms with E-state index in [-0.39, 0.29) is 5.15 Å². The Hall–Kier alpha value is -2.67. The van der Waals surface area contributed by atoms with Crippen LogP contribution in [0.5, 0.6) is 11.5 Å². The molecule has 1 aromatic heterocycles. The van der Waals surface area contributed by atoms with Crippen LogP contribution in [0.15, 0.2) is 60.9 Å². The van der Waals surface area contributed by atoms with Gasteiger partial charge in [0.05, 0.1) is 7.11 Å². The molecule has 0 amide bonds. The minimum Gasteiger partial charge on any atom is -0.493 e. The number of hydrogen-bond acceptors (Lipinski definition) is 6. The van der Waals surface area contributed by atoms with Crippen molar-refractivity contribution in [1.82, 2.24) is 15.3 Å². The SMILES string of the molecule is CC1(C)CCCC(C)(C)N1.COc1ccc(C(O)c2nccnc2Cl)cc1OCc1ccccc1. The van der Waals surface area contributed by atoms with Gasteiger partial charge in [0.2, 0.25) is 0 Å². The molecule has 0 spiro atoms. The summed E-state index contributed by atoms with van der Waals surface area (Å²) in [5.74, 6) is 1.11. The molecule has 2 aromatic carbocycles. The zero-order chi connectivity index (χ0) is 25.5. The number of aliphatic hydroxyl groups is 1. The van der Waals surface area contributed by atoms with Crippen molar-refractivity contribution >= 4 is 11.6 Å². The number of aromatic nitrogens is 2. The molecule has 1 atom stereocenters. The lowest BCUT2D eigenvalue weighted by molar-refractivity contribution is 0.183. The summed E-state index contributed by atoms with van der Waals surface area (Å²) in [6, 6.07) is 15.0. The maximum Gasteiger partial charge on any atom is 0.162 e. The van der Waals surface area contributed by atoms with Crippen molar-refractivity contribution in [2.75, 3.05) is 7.11 Å². The molecule has 1 aliphatic heterocycles. The van der Waals surface area contributed by atoms with Crippen LogP contribution in [0.2, 0.25) is 5.15 Å². The molecule has 188 valence electrons. The fourth-order valence-corrected chi connectivity index (χ4v) is 4.61. The number of rotatable bonds is 6. The molecule has 0 aliphatic carbocycles. The Bertz CT molecular complexity index is 1080. The lowest BCUT2D eigenvalue weighted by atomic mass is 9.83. The van der Waals surface area contributed by atoms with Gasteiger partial charge >= 0.3 is 0 Å². The van der Waals surface area contributed by atoms with Gasteiger partial charge in [-0.1, -0.05) is 48.0 Å². The zero-order valence-corrected chi connectivity index (χ0v) is 22.0. The molecule has 3 aromatic rings.